The molecular weight excluding hydrogens is 532 g/mol. The summed E-state index contributed by atoms with van der Waals surface area (Å²) in [7, 11) is -3.98. The molecule has 4 aromatic rings. The number of halogens is 1. The van der Waals surface area contributed by atoms with Crippen LogP contribution in [0.4, 0.5) is 5.82 Å². The predicted octanol–water partition coefficient (Wildman–Crippen LogP) is 3.47. The normalized spacial score (nSPS) is 19.4. The molecule has 1 aliphatic rings. The van der Waals surface area contributed by atoms with Crippen LogP contribution in [0.1, 0.15) is 19.4 Å². The number of benzene rings is 2. The van der Waals surface area contributed by atoms with E-state index in [1.807, 2.05) is 32.0 Å². The zero-order valence-corrected chi connectivity index (χ0v) is 22.7. The van der Waals surface area contributed by atoms with Crippen molar-refractivity contribution in [2.45, 2.75) is 36.7 Å². The Hall–Kier alpha value is -2.83. The van der Waals surface area contributed by atoms with E-state index in [0.29, 0.717) is 22.9 Å². The SMILES string of the molecule is CC(C)C1CN(S(=O)(=O)c2cc3ccc(Cl)cc3s2)[C@@H](CN)C(=O)N1Cc1ccc2c(N)ncnc2c1. The van der Waals surface area contributed by atoms with E-state index in [9.17, 15) is 13.2 Å². The van der Waals surface area contributed by atoms with Gasteiger partial charge in [0.15, 0.2) is 0 Å². The zero-order valence-electron chi connectivity index (χ0n) is 20.3. The van der Waals surface area contributed by atoms with Gasteiger partial charge < -0.3 is 16.4 Å². The van der Waals surface area contributed by atoms with Crippen LogP contribution in [-0.2, 0) is 21.4 Å². The quantitative estimate of drug-likeness (QED) is 0.370. The second-order valence-corrected chi connectivity index (χ2v) is 13.1. The molecule has 1 fully saturated rings. The average Bonchev–Trinajstić information content (AvgIpc) is 3.29. The van der Waals surface area contributed by atoms with Crippen LogP contribution in [0, 0.1) is 5.92 Å². The summed E-state index contributed by atoms with van der Waals surface area (Å²) in [6.45, 7) is 4.28. The Balaban J connectivity index is 1.49. The number of thiophene rings is 1. The second kappa shape index (κ2) is 9.80. The zero-order chi connectivity index (χ0) is 26.5. The van der Waals surface area contributed by atoms with Crippen LogP contribution in [0.25, 0.3) is 21.0 Å². The van der Waals surface area contributed by atoms with Gasteiger partial charge in [-0.1, -0.05) is 37.6 Å². The fraction of sp³-hybridized carbons (Fsp3) is 0.320. The van der Waals surface area contributed by atoms with Gasteiger partial charge in [-0.25, -0.2) is 18.4 Å². The van der Waals surface area contributed by atoms with Crippen molar-refractivity contribution in [3.05, 3.63) is 59.4 Å². The summed E-state index contributed by atoms with van der Waals surface area (Å²) in [6.07, 6.45) is 1.40. The van der Waals surface area contributed by atoms with Gasteiger partial charge in [0.1, 0.15) is 22.4 Å². The largest absolute Gasteiger partial charge is 0.383 e. The van der Waals surface area contributed by atoms with Crippen molar-refractivity contribution in [2.75, 3.05) is 18.8 Å². The average molecular weight is 559 g/mol. The van der Waals surface area contributed by atoms with Crippen LogP contribution in [0.15, 0.2) is 53.0 Å². The van der Waals surface area contributed by atoms with E-state index in [1.54, 1.807) is 29.2 Å². The molecule has 0 saturated carbocycles. The van der Waals surface area contributed by atoms with E-state index in [2.05, 4.69) is 9.97 Å². The maximum atomic E-state index is 13.8. The molecule has 4 N–H and O–H groups in total. The molecule has 3 heterocycles. The van der Waals surface area contributed by atoms with E-state index in [-0.39, 0.29) is 35.2 Å². The van der Waals surface area contributed by atoms with Crippen LogP contribution >= 0.6 is 22.9 Å². The standard InChI is InChI=1S/C25H27ClN6O3S2/c1-14(2)21-12-32(37(34,35)23-8-16-4-5-17(26)9-22(16)36-23)20(10-27)25(33)31(21)11-15-3-6-18-19(7-15)29-13-30-24(18)28/h3-9,13-14,20-21H,10-12,27H2,1-2H3,(H2,28,29,30)/t20-,21?/m0/s1. The third kappa shape index (κ3) is 4.66. The lowest BCUT2D eigenvalue weighted by Crippen LogP contribution is -2.65. The van der Waals surface area contributed by atoms with E-state index >= 15 is 0 Å². The monoisotopic (exact) mass is 558 g/mol. The first kappa shape index (κ1) is 25.8. The van der Waals surface area contributed by atoms with Crippen LogP contribution < -0.4 is 11.5 Å². The third-order valence-corrected chi connectivity index (χ3v) is 10.4. The highest BCUT2D eigenvalue weighted by atomic mass is 35.5. The number of carbonyl (C=O) groups is 1. The number of carbonyl (C=O) groups excluding carboxylic acids is 1. The van der Waals surface area contributed by atoms with Gasteiger partial charge >= 0.3 is 0 Å². The highest BCUT2D eigenvalue weighted by Crippen LogP contribution is 2.35. The van der Waals surface area contributed by atoms with Crippen LogP contribution in [0.5, 0.6) is 0 Å². The first-order valence-electron chi connectivity index (χ1n) is 11.8. The molecule has 2 aromatic carbocycles. The fourth-order valence-corrected chi connectivity index (χ4v) is 8.20. The van der Waals surface area contributed by atoms with Crippen molar-refractivity contribution in [1.82, 2.24) is 19.2 Å². The smallest absolute Gasteiger partial charge is 0.253 e. The maximum Gasteiger partial charge on any atom is 0.253 e. The number of nitrogens with two attached hydrogens (primary N) is 2. The minimum atomic E-state index is -3.98. The summed E-state index contributed by atoms with van der Waals surface area (Å²) in [4.78, 5) is 23.8. The van der Waals surface area contributed by atoms with Gasteiger partial charge in [-0.05, 0) is 47.2 Å². The van der Waals surface area contributed by atoms with E-state index < -0.39 is 16.1 Å². The first-order chi connectivity index (χ1) is 17.6. The second-order valence-electron chi connectivity index (χ2n) is 9.46. The molecule has 0 bridgehead atoms. The number of hydrogen-bond donors (Lipinski definition) is 2. The van der Waals surface area contributed by atoms with Crippen LogP contribution in [0.2, 0.25) is 5.02 Å². The molecular formula is C25H27ClN6O3S2. The van der Waals surface area contributed by atoms with Crippen molar-refractivity contribution in [3.63, 3.8) is 0 Å². The lowest BCUT2D eigenvalue weighted by Gasteiger charge is -2.46. The maximum absolute atomic E-state index is 13.8. The molecule has 1 amide bonds. The molecule has 2 aromatic heterocycles. The minimum Gasteiger partial charge on any atom is -0.383 e. The minimum absolute atomic E-state index is 0.0000138. The summed E-state index contributed by atoms with van der Waals surface area (Å²) >= 11 is 7.24. The number of amides is 1. The summed E-state index contributed by atoms with van der Waals surface area (Å²) in [5.74, 6) is 0.0701. The number of nitrogens with zero attached hydrogens (tertiary/aromatic N) is 4. The molecule has 5 rings (SSSR count). The van der Waals surface area contributed by atoms with Crippen molar-refractivity contribution in [2.24, 2.45) is 11.7 Å². The lowest BCUT2D eigenvalue weighted by molar-refractivity contribution is -0.144. The van der Waals surface area contributed by atoms with Gasteiger partial charge in [-0.15, -0.1) is 11.3 Å². The van der Waals surface area contributed by atoms with Crippen molar-refractivity contribution in [1.29, 1.82) is 0 Å². The number of sulfonamides is 1. The highest BCUT2D eigenvalue weighted by molar-refractivity contribution is 7.91. The van der Waals surface area contributed by atoms with Gasteiger partial charge in [0, 0.05) is 40.8 Å². The summed E-state index contributed by atoms with van der Waals surface area (Å²) in [5.41, 5.74) is 13.5. The molecule has 37 heavy (non-hydrogen) atoms. The van der Waals surface area contributed by atoms with Gasteiger partial charge in [0.05, 0.1) is 5.52 Å². The molecule has 194 valence electrons. The lowest BCUT2D eigenvalue weighted by atomic mass is 9.97. The number of rotatable bonds is 6. The molecule has 12 heteroatoms. The Kier molecular flexibility index (Phi) is 6.84. The Morgan fingerprint density at radius 3 is 2.68 bits per heavy atom. The number of fused-ring (bicyclic) bond motifs is 2. The summed E-state index contributed by atoms with van der Waals surface area (Å²) in [5, 5.41) is 2.05. The van der Waals surface area contributed by atoms with Gasteiger partial charge in [0.2, 0.25) is 5.91 Å². The van der Waals surface area contributed by atoms with Gasteiger partial charge in [-0.2, -0.15) is 4.31 Å². The predicted molar refractivity (Wildman–Crippen MR) is 147 cm³/mol. The molecule has 1 unspecified atom stereocenters. The Bertz CT molecular complexity index is 1610. The molecule has 1 aliphatic heterocycles. The van der Waals surface area contributed by atoms with Crippen molar-refractivity contribution < 1.29 is 13.2 Å². The summed E-state index contributed by atoms with van der Waals surface area (Å²) < 4.78 is 29.8. The van der Waals surface area contributed by atoms with E-state index in [1.165, 1.54) is 10.6 Å². The third-order valence-electron chi connectivity index (χ3n) is 6.78. The van der Waals surface area contributed by atoms with Gasteiger partial charge in [-0.3, -0.25) is 4.79 Å². The number of hydrogen-bond acceptors (Lipinski definition) is 8. The van der Waals surface area contributed by atoms with Crippen molar-refractivity contribution in [3.8, 4) is 0 Å². The fourth-order valence-electron chi connectivity index (χ4n) is 4.78. The van der Waals surface area contributed by atoms with Gasteiger partial charge in [0.25, 0.3) is 10.0 Å². The molecule has 0 spiro atoms. The Morgan fingerprint density at radius 2 is 1.95 bits per heavy atom. The van der Waals surface area contributed by atoms with E-state index in [0.717, 1.165) is 32.4 Å². The van der Waals surface area contributed by atoms with Crippen molar-refractivity contribution >= 4 is 65.7 Å². The number of nitrogen functional groups attached to an aromatic ring is 1. The highest BCUT2D eigenvalue weighted by Gasteiger charge is 2.46. The number of anilines is 1. The molecule has 2 atom stereocenters. The van der Waals surface area contributed by atoms with Crippen LogP contribution in [0.3, 0.4) is 0 Å². The van der Waals surface area contributed by atoms with Crippen LogP contribution in [-0.4, -0.2) is 58.7 Å². The molecule has 1 saturated heterocycles. The number of piperazine rings is 1. The topological polar surface area (TPSA) is 136 Å². The molecule has 0 aliphatic carbocycles. The Morgan fingerprint density at radius 1 is 1.16 bits per heavy atom. The number of aromatic nitrogens is 2. The molecule has 0 radical (unpaired) electrons. The first-order valence-corrected chi connectivity index (χ1v) is 14.4. The van der Waals surface area contributed by atoms with E-state index in [4.69, 9.17) is 23.1 Å². The Labute approximate surface area is 224 Å². The summed E-state index contributed by atoms with van der Waals surface area (Å²) in [6, 6.07) is 11.1. The molecule has 9 nitrogen and oxygen atoms in total.